The Bertz CT molecular complexity index is 1300. The number of fused-ring (bicyclic) bond motifs is 1. The van der Waals surface area contributed by atoms with Gasteiger partial charge in [-0.05, 0) is 98.2 Å². The third-order valence-electron chi connectivity index (χ3n) is 6.27. The van der Waals surface area contributed by atoms with Crippen molar-refractivity contribution in [2.24, 2.45) is 0 Å². The molecular formula is C28H28NNaO4S. The van der Waals surface area contributed by atoms with E-state index in [9.17, 15) is 15.0 Å². The number of phenols is 2. The summed E-state index contributed by atoms with van der Waals surface area (Å²) in [5.41, 5.74) is 2.03. The minimum atomic E-state index is -0.0834. The van der Waals surface area contributed by atoms with Crippen LogP contribution in [0.15, 0.2) is 66.7 Å². The molecule has 0 aliphatic carbocycles. The maximum atomic E-state index is 13.6. The van der Waals surface area contributed by atoms with Crippen molar-refractivity contribution in [3.8, 4) is 27.7 Å². The Hall–Kier alpha value is -2.35. The van der Waals surface area contributed by atoms with Crippen LogP contribution in [0.1, 0.15) is 35.2 Å². The number of phenolic OH excluding ortho intramolecular Hbond substituents is 2. The van der Waals surface area contributed by atoms with Crippen LogP contribution in [0.4, 0.5) is 0 Å². The quantitative estimate of drug-likeness (QED) is 0.263. The molecule has 5 nitrogen and oxygen atoms in total. The van der Waals surface area contributed by atoms with E-state index in [4.69, 9.17) is 4.74 Å². The second kappa shape index (κ2) is 11.6. The van der Waals surface area contributed by atoms with Gasteiger partial charge in [0.15, 0.2) is 5.78 Å². The standard InChI is InChI=1S/C28H27NO4S.Na.H/c30-21-8-4-20(5-9-21)28-26(24-13-10-22(31)18-25(24)34-28)27(32)19-6-11-23(12-7-19)33-17-16-29-14-2-1-3-15-29;;/h4-13,18,30-31H,1-3,14-17H2;;. The summed E-state index contributed by atoms with van der Waals surface area (Å²) in [6.45, 7) is 3.85. The topological polar surface area (TPSA) is 70.0 Å². The first-order chi connectivity index (χ1) is 16.6. The zero-order valence-electron chi connectivity index (χ0n) is 18.9. The van der Waals surface area contributed by atoms with Gasteiger partial charge in [0.05, 0.1) is 0 Å². The molecule has 0 unspecified atom stereocenters. The maximum absolute atomic E-state index is 13.6. The van der Waals surface area contributed by atoms with Crippen LogP contribution >= 0.6 is 11.3 Å². The van der Waals surface area contributed by atoms with Crippen molar-refractivity contribution >= 4 is 56.8 Å². The molecule has 1 aromatic heterocycles. The molecule has 3 aromatic carbocycles. The molecule has 1 saturated heterocycles. The zero-order valence-corrected chi connectivity index (χ0v) is 19.7. The minimum absolute atomic E-state index is 0. The predicted molar refractivity (Wildman–Crippen MR) is 143 cm³/mol. The van der Waals surface area contributed by atoms with E-state index in [0.717, 1.165) is 45.9 Å². The van der Waals surface area contributed by atoms with E-state index in [1.165, 1.54) is 30.6 Å². The number of carbonyl (C=O) groups is 1. The number of thiophene rings is 1. The number of nitrogens with zero attached hydrogens (tertiary/aromatic N) is 1. The summed E-state index contributed by atoms with van der Waals surface area (Å²) in [4.78, 5) is 16.9. The number of piperidine rings is 1. The third-order valence-corrected chi connectivity index (χ3v) is 7.47. The number of benzene rings is 3. The van der Waals surface area contributed by atoms with Gasteiger partial charge in [-0.3, -0.25) is 9.69 Å². The first-order valence-corrected chi connectivity index (χ1v) is 12.4. The fourth-order valence-corrected chi connectivity index (χ4v) is 5.69. The van der Waals surface area contributed by atoms with Crippen molar-refractivity contribution in [1.82, 2.24) is 4.90 Å². The van der Waals surface area contributed by atoms with Gasteiger partial charge in [-0.25, -0.2) is 0 Å². The number of aromatic hydroxyl groups is 2. The summed E-state index contributed by atoms with van der Waals surface area (Å²) in [7, 11) is 0. The second-order valence-corrected chi connectivity index (χ2v) is 9.69. The summed E-state index contributed by atoms with van der Waals surface area (Å²) < 4.78 is 6.76. The predicted octanol–water partition coefficient (Wildman–Crippen LogP) is 5.43. The van der Waals surface area contributed by atoms with E-state index in [2.05, 4.69) is 4.90 Å². The van der Waals surface area contributed by atoms with Gasteiger partial charge in [0.25, 0.3) is 0 Å². The molecule has 2 heterocycles. The summed E-state index contributed by atoms with van der Waals surface area (Å²) >= 11 is 1.46. The summed E-state index contributed by atoms with van der Waals surface area (Å²) in [5.74, 6) is 1.01. The monoisotopic (exact) mass is 497 g/mol. The number of rotatable bonds is 7. The summed E-state index contributed by atoms with van der Waals surface area (Å²) in [6.07, 6.45) is 3.85. The Labute approximate surface area is 231 Å². The van der Waals surface area contributed by atoms with Crippen LogP contribution in [0, 0.1) is 0 Å². The van der Waals surface area contributed by atoms with Gasteiger partial charge in [0.2, 0.25) is 0 Å². The number of ketones is 1. The Morgan fingerprint density at radius 3 is 2.29 bits per heavy atom. The van der Waals surface area contributed by atoms with E-state index in [-0.39, 0.29) is 46.8 Å². The second-order valence-electron chi connectivity index (χ2n) is 8.64. The number of carbonyl (C=O) groups excluding carboxylic acids is 1. The molecular weight excluding hydrogens is 469 g/mol. The van der Waals surface area contributed by atoms with Crippen molar-refractivity contribution in [2.75, 3.05) is 26.2 Å². The molecule has 0 saturated carbocycles. The average molecular weight is 498 g/mol. The molecule has 0 spiro atoms. The van der Waals surface area contributed by atoms with Gasteiger partial charge in [-0.2, -0.15) is 0 Å². The fourth-order valence-electron chi connectivity index (χ4n) is 4.45. The van der Waals surface area contributed by atoms with Crippen LogP contribution in [-0.4, -0.2) is 76.7 Å². The average Bonchev–Trinajstić information content (AvgIpc) is 3.23. The first kappa shape index (κ1) is 25.7. The SMILES string of the molecule is O=C(c1ccc(OCCN2CCCCC2)cc1)c1c(-c2ccc(O)cc2)sc2cc(O)ccc12.[NaH]. The molecule has 1 aliphatic heterocycles. The molecule has 4 aromatic rings. The fraction of sp³-hybridized carbons (Fsp3) is 0.250. The van der Waals surface area contributed by atoms with Crippen LogP contribution in [0.25, 0.3) is 20.5 Å². The van der Waals surface area contributed by atoms with Crippen LogP contribution in [0.3, 0.4) is 0 Å². The zero-order chi connectivity index (χ0) is 23.5. The van der Waals surface area contributed by atoms with Gasteiger partial charge < -0.3 is 14.9 Å². The van der Waals surface area contributed by atoms with Crippen LogP contribution in [0.2, 0.25) is 0 Å². The Balaban J connectivity index is 0.00000289. The van der Waals surface area contributed by atoms with Gasteiger partial charge in [0.1, 0.15) is 23.9 Å². The number of likely N-dealkylation sites (tertiary alicyclic amines) is 1. The van der Waals surface area contributed by atoms with Crippen LogP contribution < -0.4 is 4.74 Å². The first-order valence-electron chi connectivity index (χ1n) is 11.6. The van der Waals surface area contributed by atoms with Gasteiger partial charge >= 0.3 is 29.6 Å². The Morgan fingerprint density at radius 2 is 1.57 bits per heavy atom. The number of hydrogen-bond donors (Lipinski definition) is 2. The van der Waals surface area contributed by atoms with Gasteiger partial charge in [-0.1, -0.05) is 6.42 Å². The molecule has 2 N–H and O–H groups in total. The van der Waals surface area contributed by atoms with Gasteiger partial charge in [-0.15, -0.1) is 11.3 Å². The van der Waals surface area contributed by atoms with Crippen molar-refractivity contribution in [1.29, 1.82) is 0 Å². The van der Waals surface area contributed by atoms with Crippen molar-refractivity contribution < 1.29 is 19.7 Å². The van der Waals surface area contributed by atoms with E-state index in [1.54, 1.807) is 42.5 Å². The molecule has 0 amide bonds. The van der Waals surface area contributed by atoms with Gasteiger partial charge in [0, 0.05) is 32.6 Å². The normalized spacial score (nSPS) is 13.9. The number of hydrogen-bond acceptors (Lipinski definition) is 6. The molecule has 1 fully saturated rings. The molecule has 1 aliphatic rings. The molecule has 176 valence electrons. The molecule has 7 heteroatoms. The molecule has 5 rings (SSSR count). The molecule has 0 atom stereocenters. The molecule has 0 radical (unpaired) electrons. The Morgan fingerprint density at radius 1 is 0.886 bits per heavy atom. The van der Waals surface area contributed by atoms with Crippen LogP contribution in [0.5, 0.6) is 17.2 Å². The third kappa shape index (κ3) is 5.90. The molecule has 0 bridgehead atoms. The van der Waals surface area contributed by atoms with Crippen molar-refractivity contribution in [2.45, 2.75) is 19.3 Å². The van der Waals surface area contributed by atoms with Crippen LogP contribution in [-0.2, 0) is 0 Å². The van der Waals surface area contributed by atoms with E-state index in [0.29, 0.717) is 17.7 Å². The number of ether oxygens (including phenoxy) is 1. The molecule has 35 heavy (non-hydrogen) atoms. The van der Waals surface area contributed by atoms with Crippen molar-refractivity contribution in [3.63, 3.8) is 0 Å². The van der Waals surface area contributed by atoms with E-state index < -0.39 is 0 Å². The Kier molecular flexibility index (Phi) is 8.52. The van der Waals surface area contributed by atoms with E-state index in [1.807, 2.05) is 24.3 Å². The summed E-state index contributed by atoms with van der Waals surface area (Å²) in [5, 5.41) is 20.4. The van der Waals surface area contributed by atoms with Crippen molar-refractivity contribution in [3.05, 3.63) is 77.9 Å². The van der Waals surface area contributed by atoms with E-state index >= 15 is 0 Å². The summed E-state index contributed by atoms with van der Waals surface area (Å²) in [6, 6.07) is 19.2.